The number of aromatic nitrogens is 1. The summed E-state index contributed by atoms with van der Waals surface area (Å²) >= 11 is 1.68. The smallest absolute Gasteiger partial charge is 0.121 e. The first-order chi connectivity index (χ1) is 9.63. The number of hydrogen-bond donors (Lipinski definition) is 0. The van der Waals surface area contributed by atoms with Gasteiger partial charge < -0.3 is 4.74 Å². The van der Waals surface area contributed by atoms with E-state index in [2.05, 4.69) is 44.0 Å². The first-order valence-corrected chi connectivity index (χ1v) is 8.51. The second kappa shape index (κ2) is 5.72. The van der Waals surface area contributed by atoms with Crippen LogP contribution < -0.4 is 4.74 Å². The van der Waals surface area contributed by atoms with Crippen molar-refractivity contribution in [2.45, 2.75) is 46.1 Å². The van der Waals surface area contributed by atoms with Gasteiger partial charge in [-0.05, 0) is 48.8 Å². The SMILES string of the molecule is CC1CCC(C(C)C)C(Oc2ccc3ncsc3c2)C1. The molecule has 0 bridgehead atoms. The highest BCUT2D eigenvalue weighted by molar-refractivity contribution is 7.16. The van der Waals surface area contributed by atoms with E-state index in [1.54, 1.807) is 11.3 Å². The number of fused-ring (bicyclic) bond motifs is 1. The maximum Gasteiger partial charge on any atom is 0.121 e. The Morgan fingerprint density at radius 1 is 1.30 bits per heavy atom. The Bertz CT molecular complexity index is 577. The lowest BCUT2D eigenvalue weighted by Crippen LogP contribution is -2.36. The molecule has 1 fully saturated rings. The maximum atomic E-state index is 6.36. The minimum Gasteiger partial charge on any atom is -0.490 e. The van der Waals surface area contributed by atoms with Crippen molar-refractivity contribution in [3.63, 3.8) is 0 Å². The van der Waals surface area contributed by atoms with Gasteiger partial charge in [-0.1, -0.05) is 27.2 Å². The van der Waals surface area contributed by atoms with Crippen molar-refractivity contribution < 1.29 is 4.74 Å². The van der Waals surface area contributed by atoms with E-state index >= 15 is 0 Å². The molecule has 1 aromatic carbocycles. The Hall–Kier alpha value is -1.09. The second-order valence-electron chi connectivity index (χ2n) is 6.46. The molecule has 1 aliphatic rings. The molecule has 3 heteroatoms. The normalized spacial score (nSPS) is 27.1. The second-order valence-corrected chi connectivity index (χ2v) is 7.35. The van der Waals surface area contributed by atoms with Crippen molar-refractivity contribution in [1.82, 2.24) is 4.98 Å². The molecule has 0 saturated heterocycles. The quantitative estimate of drug-likeness (QED) is 0.781. The molecule has 3 rings (SSSR count). The minimum absolute atomic E-state index is 0.365. The summed E-state index contributed by atoms with van der Waals surface area (Å²) in [5, 5.41) is 0. The average Bonchev–Trinajstić information content (AvgIpc) is 2.85. The Morgan fingerprint density at radius 3 is 2.95 bits per heavy atom. The van der Waals surface area contributed by atoms with Crippen molar-refractivity contribution in [2.75, 3.05) is 0 Å². The number of hydrogen-bond acceptors (Lipinski definition) is 3. The standard InChI is InChI=1S/C17H23NOS/c1-11(2)14-6-4-12(3)8-16(14)19-13-5-7-15-17(9-13)20-10-18-15/h5,7,9-12,14,16H,4,6,8H2,1-3H3. The van der Waals surface area contributed by atoms with Gasteiger partial charge in [0.15, 0.2) is 0 Å². The van der Waals surface area contributed by atoms with Gasteiger partial charge in [0, 0.05) is 0 Å². The van der Waals surface area contributed by atoms with Crippen LogP contribution in [0, 0.1) is 17.8 Å². The van der Waals surface area contributed by atoms with Crippen molar-refractivity contribution in [3.8, 4) is 5.75 Å². The van der Waals surface area contributed by atoms with Crippen molar-refractivity contribution in [2.24, 2.45) is 17.8 Å². The van der Waals surface area contributed by atoms with Crippen LogP contribution in [0.5, 0.6) is 5.75 Å². The molecular weight excluding hydrogens is 266 g/mol. The van der Waals surface area contributed by atoms with Crippen LogP contribution in [0.15, 0.2) is 23.7 Å². The van der Waals surface area contributed by atoms with Crippen LogP contribution >= 0.6 is 11.3 Å². The molecule has 1 saturated carbocycles. The molecule has 1 heterocycles. The average molecular weight is 289 g/mol. The van der Waals surface area contributed by atoms with Gasteiger partial charge in [0.25, 0.3) is 0 Å². The van der Waals surface area contributed by atoms with Gasteiger partial charge in [0.2, 0.25) is 0 Å². The summed E-state index contributed by atoms with van der Waals surface area (Å²) in [4.78, 5) is 4.32. The lowest BCUT2D eigenvalue weighted by atomic mass is 9.75. The summed E-state index contributed by atoms with van der Waals surface area (Å²) < 4.78 is 7.57. The number of benzene rings is 1. The molecule has 2 nitrogen and oxygen atoms in total. The van der Waals surface area contributed by atoms with Gasteiger partial charge in [0.1, 0.15) is 11.9 Å². The predicted octanol–water partition coefficient (Wildman–Crippen LogP) is 5.14. The summed E-state index contributed by atoms with van der Waals surface area (Å²) in [5.41, 5.74) is 2.97. The molecule has 0 aliphatic heterocycles. The lowest BCUT2D eigenvalue weighted by molar-refractivity contribution is 0.0461. The fraction of sp³-hybridized carbons (Fsp3) is 0.588. The van der Waals surface area contributed by atoms with Gasteiger partial charge in [-0.15, -0.1) is 11.3 Å². The maximum absolute atomic E-state index is 6.36. The Labute approximate surface area is 125 Å². The minimum atomic E-state index is 0.365. The fourth-order valence-corrected chi connectivity index (χ4v) is 4.04. The topological polar surface area (TPSA) is 22.1 Å². The summed E-state index contributed by atoms with van der Waals surface area (Å²) in [6, 6.07) is 6.28. The first-order valence-electron chi connectivity index (χ1n) is 7.63. The third kappa shape index (κ3) is 2.83. The molecule has 0 amide bonds. The van der Waals surface area contributed by atoms with Crippen molar-refractivity contribution in [1.29, 1.82) is 0 Å². The van der Waals surface area contributed by atoms with E-state index in [0.717, 1.165) is 17.2 Å². The van der Waals surface area contributed by atoms with Crippen LogP contribution in [-0.4, -0.2) is 11.1 Å². The summed E-state index contributed by atoms with van der Waals surface area (Å²) in [5.74, 6) is 3.16. The Morgan fingerprint density at radius 2 is 2.15 bits per heavy atom. The van der Waals surface area contributed by atoms with Crippen LogP contribution in [0.25, 0.3) is 10.2 Å². The molecule has 108 valence electrons. The van der Waals surface area contributed by atoms with Crippen molar-refractivity contribution >= 4 is 21.6 Å². The van der Waals surface area contributed by atoms with E-state index in [1.165, 1.54) is 24.0 Å². The summed E-state index contributed by atoms with van der Waals surface area (Å²) in [6.45, 7) is 6.99. The van der Waals surface area contributed by atoms with E-state index in [0.29, 0.717) is 17.9 Å². The third-order valence-corrected chi connectivity index (χ3v) is 5.34. The first kappa shape index (κ1) is 13.9. The predicted molar refractivity (Wildman–Crippen MR) is 85.4 cm³/mol. The Kier molecular flexibility index (Phi) is 3.97. The van der Waals surface area contributed by atoms with Gasteiger partial charge in [-0.3, -0.25) is 0 Å². The third-order valence-electron chi connectivity index (χ3n) is 4.55. The van der Waals surface area contributed by atoms with Crippen LogP contribution in [-0.2, 0) is 0 Å². The van der Waals surface area contributed by atoms with Crippen LogP contribution in [0.3, 0.4) is 0 Å². The molecule has 1 aliphatic carbocycles. The highest BCUT2D eigenvalue weighted by Gasteiger charge is 2.32. The van der Waals surface area contributed by atoms with E-state index < -0.39 is 0 Å². The highest BCUT2D eigenvalue weighted by Crippen LogP contribution is 2.36. The summed E-state index contributed by atoms with van der Waals surface area (Å²) in [7, 11) is 0. The van der Waals surface area contributed by atoms with Gasteiger partial charge in [-0.2, -0.15) is 0 Å². The monoisotopic (exact) mass is 289 g/mol. The molecule has 0 radical (unpaired) electrons. The van der Waals surface area contributed by atoms with E-state index in [1.807, 2.05) is 5.51 Å². The number of thiazole rings is 1. The molecular formula is C17H23NOS. The van der Waals surface area contributed by atoms with Crippen LogP contribution in [0.4, 0.5) is 0 Å². The molecule has 0 spiro atoms. The molecule has 20 heavy (non-hydrogen) atoms. The van der Waals surface area contributed by atoms with Gasteiger partial charge >= 0.3 is 0 Å². The largest absolute Gasteiger partial charge is 0.490 e. The van der Waals surface area contributed by atoms with E-state index in [9.17, 15) is 0 Å². The molecule has 2 aromatic rings. The van der Waals surface area contributed by atoms with Crippen LogP contribution in [0.2, 0.25) is 0 Å². The highest BCUT2D eigenvalue weighted by atomic mass is 32.1. The Balaban J connectivity index is 1.79. The number of ether oxygens (including phenoxy) is 1. The van der Waals surface area contributed by atoms with Gasteiger partial charge in [0.05, 0.1) is 15.7 Å². The van der Waals surface area contributed by atoms with Crippen molar-refractivity contribution in [3.05, 3.63) is 23.7 Å². The molecule has 1 aromatic heterocycles. The fourth-order valence-electron chi connectivity index (χ4n) is 3.33. The number of nitrogens with zero attached hydrogens (tertiary/aromatic N) is 1. The lowest BCUT2D eigenvalue weighted by Gasteiger charge is -2.37. The summed E-state index contributed by atoms with van der Waals surface area (Å²) in [6.07, 6.45) is 4.19. The number of rotatable bonds is 3. The van der Waals surface area contributed by atoms with Crippen LogP contribution in [0.1, 0.15) is 40.0 Å². The van der Waals surface area contributed by atoms with Gasteiger partial charge in [-0.25, -0.2) is 4.98 Å². The molecule has 3 unspecified atom stereocenters. The zero-order valence-electron chi connectivity index (χ0n) is 12.5. The molecule has 0 N–H and O–H groups in total. The molecule has 3 atom stereocenters. The van der Waals surface area contributed by atoms with E-state index in [-0.39, 0.29) is 0 Å². The zero-order valence-corrected chi connectivity index (χ0v) is 13.3. The van der Waals surface area contributed by atoms with E-state index in [4.69, 9.17) is 4.74 Å². The zero-order chi connectivity index (χ0) is 14.1.